The van der Waals surface area contributed by atoms with E-state index in [0.717, 1.165) is 22.4 Å². The Morgan fingerprint density at radius 3 is 2.88 bits per heavy atom. The largest absolute Gasteiger partial charge is 0.494 e. The molecule has 2 N–H and O–H groups in total. The number of aromatic nitrogens is 3. The van der Waals surface area contributed by atoms with E-state index in [1.165, 1.54) is 11.3 Å². The maximum Gasteiger partial charge on any atom is 0.259 e. The van der Waals surface area contributed by atoms with E-state index in [0.29, 0.717) is 22.8 Å². The van der Waals surface area contributed by atoms with Gasteiger partial charge < -0.3 is 4.74 Å². The van der Waals surface area contributed by atoms with Crippen molar-refractivity contribution in [2.24, 2.45) is 0 Å². The van der Waals surface area contributed by atoms with E-state index in [1.807, 2.05) is 48.7 Å². The highest BCUT2D eigenvalue weighted by atomic mass is 32.1. The molecule has 0 saturated heterocycles. The van der Waals surface area contributed by atoms with Crippen molar-refractivity contribution in [1.29, 1.82) is 0 Å². The molecule has 0 aliphatic rings. The first-order chi connectivity index (χ1) is 12.7. The van der Waals surface area contributed by atoms with E-state index in [9.17, 15) is 4.79 Å². The number of carbonyl (C=O) groups is 1. The maximum absolute atomic E-state index is 12.6. The van der Waals surface area contributed by atoms with E-state index in [2.05, 4.69) is 20.5 Å². The summed E-state index contributed by atoms with van der Waals surface area (Å²) in [5.74, 6) is 0.611. The van der Waals surface area contributed by atoms with Gasteiger partial charge in [0.1, 0.15) is 5.75 Å². The number of thiazole rings is 1. The molecule has 0 bridgehead atoms. The minimum atomic E-state index is -0.215. The topological polar surface area (TPSA) is 79.9 Å². The molecule has 0 radical (unpaired) electrons. The number of para-hydroxylation sites is 1. The smallest absolute Gasteiger partial charge is 0.259 e. The molecule has 6 nitrogen and oxygen atoms in total. The summed E-state index contributed by atoms with van der Waals surface area (Å²) in [6.07, 6.45) is 1.69. The third-order valence-electron chi connectivity index (χ3n) is 3.91. The number of anilines is 1. The van der Waals surface area contributed by atoms with Gasteiger partial charge in [-0.15, -0.1) is 11.3 Å². The van der Waals surface area contributed by atoms with Crippen LogP contribution in [-0.4, -0.2) is 27.7 Å². The van der Waals surface area contributed by atoms with Crippen LogP contribution in [0.15, 0.2) is 54.0 Å². The molecule has 0 fully saturated rings. The van der Waals surface area contributed by atoms with E-state index in [-0.39, 0.29) is 5.91 Å². The van der Waals surface area contributed by atoms with Gasteiger partial charge >= 0.3 is 0 Å². The van der Waals surface area contributed by atoms with Gasteiger partial charge in [0.05, 0.1) is 29.6 Å². The van der Waals surface area contributed by atoms with Crippen molar-refractivity contribution < 1.29 is 9.53 Å². The van der Waals surface area contributed by atoms with Crippen molar-refractivity contribution in [3.8, 4) is 17.0 Å². The molecule has 130 valence electrons. The molecule has 4 aromatic rings. The third kappa shape index (κ3) is 3.16. The monoisotopic (exact) mass is 364 g/mol. The lowest BCUT2D eigenvalue weighted by Crippen LogP contribution is -2.12. The molecule has 0 atom stereocenters. The van der Waals surface area contributed by atoms with Crippen LogP contribution in [0.2, 0.25) is 0 Å². The lowest BCUT2D eigenvalue weighted by atomic mass is 10.1. The Bertz CT molecular complexity index is 1050. The van der Waals surface area contributed by atoms with Gasteiger partial charge in [-0.2, -0.15) is 5.10 Å². The van der Waals surface area contributed by atoms with Crippen molar-refractivity contribution in [3.05, 3.63) is 59.6 Å². The second-order valence-corrected chi connectivity index (χ2v) is 6.45. The predicted octanol–water partition coefficient (Wildman–Crippen LogP) is 4.34. The summed E-state index contributed by atoms with van der Waals surface area (Å²) in [6.45, 7) is 2.59. The number of hydrogen-bond acceptors (Lipinski definition) is 5. The zero-order valence-electron chi connectivity index (χ0n) is 14.0. The molecule has 2 heterocycles. The Labute approximate surface area is 153 Å². The average Bonchev–Trinajstić information content (AvgIpc) is 3.31. The highest BCUT2D eigenvalue weighted by Gasteiger charge is 2.13. The Morgan fingerprint density at radius 1 is 1.23 bits per heavy atom. The number of nitrogens with zero attached hydrogens (tertiary/aromatic N) is 2. The van der Waals surface area contributed by atoms with E-state index < -0.39 is 0 Å². The molecule has 0 saturated carbocycles. The summed E-state index contributed by atoms with van der Waals surface area (Å²) < 4.78 is 5.45. The highest BCUT2D eigenvalue weighted by molar-refractivity contribution is 7.14. The van der Waals surface area contributed by atoms with Gasteiger partial charge in [0.25, 0.3) is 5.91 Å². The minimum absolute atomic E-state index is 0.215. The first kappa shape index (κ1) is 16.3. The maximum atomic E-state index is 12.6. The lowest BCUT2D eigenvalue weighted by Gasteiger charge is -2.04. The fourth-order valence-corrected chi connectivity index (χ4v) is 3.39. The summed E-state index contributed by atoms with van der Waals surface area (Å²) in [5, 5.41) is 13.1. The number of hydrogen-bond donors (Lipinski definition) is 2. The number of rotatable bonds is 5. The van der Waals surface area contributed by atoms with Gasteiger partial charge in [0, 0.05) is 16.3 Å². The summed E-state index contributed by atoms with van der Waals surface area (Å²) in [7, 11) is 0. The van der Waals surface area contributed by atoms with Gasteiger partial charge in [-0.3, -0.25) is 15.2 Å². The number of amides is 1. The standard InChI is InChI=1S/C19H16N4O2S/c1-2-25-14-8-6-12(7-9-14)16-11-26-19(21-16)22-18(24)15-5-3-4-13-10-20-23-17(13)15/h3-11H,2H2,1H3,(H,20,23)(H,21,22,24). The number of fused-ring (bicyclic) bond motifs is 1. The first-order valence-electron chi connectivity index (χ1n) is 8.17. The minimum Gasteiger partial charge on any atom is -0.494 e. The Kier molecular flexibility index (Phi) is 4.37. The molecule has 2 aromatic heterocycles. The molecule has 1 amide bonds. The molecule has 26 heavy (non-hydrogen) atoms. The van der Waals surface area contributed by atoms with Crippen LogP contribution in [-0.2, 0) is 0 Å². The van der Waals surface area contributed by atoms with Crippen LogP contribution < -0.4 is 10.1 Å². The number of ether oxygens (including phenoxy) is 1. The Hall–Kier alpha value is -3.19. The zero-order valence-corrected chi connectivity index (χ0v) is 14.8. The van der Waals surface area contributed by atoms with Crippen LogP contribution in [0.5, 0.6) is 5.75 Å². The van der Waals surface area contributed by atoms with Crippen LogP contribution in [0.4, 0.5) is 5.13 Å². The molecule has 0 aliphatic heterocycles. The van der Waals surface area contributed by atoms with Crippen LogP contribution in [0.25, 0.3) is 22.2 Å². The number of carbonyl (C=O) groups excluding carboxylic acids is 1. The average molecular weight is 364 g/mol. The fourth-order valence-electron chi connectivity index (χ4n) is 2.67. The zero-order chi connectivity index (χ0) is 17.9. The number of nitrogens with one attached hydrogen (secondary N) is 2. The van der Waals surface area contributed by atoms with E-state index in [4.69, 9.17) is 4.74 Å². The third-order valence-corrected chi connectivity index (χ3v) is 4.66. The van der Waals surface area contributed by atoms with Gasteiger partial charge in [-0.25, -0.2) is 4.98 Å². The van der Waals surface area contributed by atoms with Gasteiger partial charge in [0.2, 0.25) is 0 Å². The number of benzene rings is 2. The SMILES string of the molecule is CCOc1ccc(-c2csc(NC(=O)c3cccc4cn[nH]c34)n2)cc1. The molecular formula is C19H16N4O2S. The normalized spacial score (nSPS) is 10.8. The van der Waals surface area contributed by atoms with Crippen LogP contribution in [0.3, 0.4) is 0 Å². The van der Waals surface area contributed by atoms with Gasteiger partial charge in [-0.1, -0.05) is 12.1 Å². The van der Waals surface area contributed by atoms with Crippen LogP contribution in [0, 0.1) is 0 Å². The van der Waals surface area contributed by atoms with Crippen molar-refractivity contribution in [1.82, 2.24) is 15.2 Å². The number of aromatic amines is 1. The molecule has 2 aromatic carbocycles. The summed E-state index contributed by atoms with van der Waals surface area (Å²) >= 11 is 1.39. The van der Waals surface area contributed by atoms with Crippen molar-refractivity contribution in [2.75, 3.05) is 11.9 Å². The molecular weight excluding hydrogens is 348 g/mol. The van der Waals surface area contributed by atoms with Gasteiger partial charge in [0.15, 0.2) is 5.13 Å². The predicted molar refractivity (Wildman–Crippen MR) is 103 cm³/mol. The second kappa shape index (κ2) is 6.97. The molecule has 7 heteroatoms. The Morgan fingerprint density at radius 2 is 2.08 bits per heavy atom. The molecule has 0 spiro atoms. The van der Waals surface area contributed by atoms with Crippen molar-refractivity contribution in [2.45, 2.75) is 6.92 Å². The fraction of sp³-hybridized carbons (Fsp3) is 0.105. The number of H-pyrrole nitrogens is 1. The summed E-state index contributed by atoms with van der Waals surface area (Å²) in [4.78, 5) is 17.1. The first-order valence-corrected chi connectivity index (χ1v) is 9.05. The molecule has 0 aliphatic carbocycles. The van der Waals surface area contributed by atoms with Gasteiger partial charge in [-0.05, 0) is 37.3 Å². The molecule has 4 rings (SSSR count). The summed E-state index contributed by atoms with van der Waals surface area (Å²) in [6, 6.07) is 13.2. The van der Waals surface area contributed by atoms with Crippen molar-refractivity contribution in [3.63, 3.8) is 0 Å². The second-order valence-electron chi connectivity index (χ2n) is 5.59. The van der Waals surface area contributed by atoms with Crippen LogP contribution >= 0.6 is 11.3 Å². The van der Waals surface area contributed by atoms with E-state index in [1.54, 1.807) is 12.3 Å². The summed E-state index contributed by atoms with van der Waals surface area (Å²) in [5.41, 5.74) is 3.04. The van der Waals surface area contributed by atoms with Crippen LogP contribution in [0.1, 0.15) is 17.3 Å². The molecule has 0 unspecified atom stereocenters. The van der Waals surface area contributed by atoms with Crippen molar-refractivity contribution >= 4 is 33.3 Å². The quantitative estimate of drug-likeness (QED) is 0.552. The Balaban J connectivity index is 1.53. The lowest BCUT2D eigenvalue weighted by molar-refractivity contribution is 0.102. The van der Waals surface area contributed by atoms with E-state index >= 15 is 0 Å². The highest BCUT2D eigenvalue weighted by Crippen LogP contribution is 2.27.